The number of hydrogen-bond acceptors (Lipinski definition) is 3. The van der Waals surface area contributed by atoms with E-state index in [9.17, 15) is 9.90 Å². The van der Waals surface area contributed by atoms with Crippen LogP contribution in [0.3, 0.4) is 0 Å². The van der Waals surface area contributed by atoms with E-state index in [0.29, 0.717) is 6.61 Å². The molecule has 1 N–H and O–H groups in total. The van der Waals surface area contributed by atoms with Crippen LogP contribution in [0.1, 0.15) is 65.7 Å². The van der Waals surface area contributed by atoms with Crippen molar-refractivity contribution in [1.29, 1.82) is 0 Å². The highest BCUT2D eigenvalue weighted by Crippen LogP contribution is 2.73. The summed E-state index contributed by atoms with van der Waals surface area (Å²) in [5.41, 5.74) is -0.609. The maximum atomic E-state index is 12.5. The number of aliphatic hydroxyl groups is 1. The van der Waals surface area contributed by atoms with Crippen LogP contribution in [0, 0.1) is 40.9 Å². The minimum Gasteiger partial charge on any atom is -0.390 e. The van der Waals surface area contributed by atoms with Gasteiger partial charge in [-0.1, -0.05) is 20.8 Å². The number of rotatable bonds is 5. The van der Waals surface area contributed by atoms with Gasteiger partial charge in [-0.3, -0.25) is 4.79 Å². The quantitative estimate of drug-likeness (QED) is 0.837. The minimum absolute atomic E-state index is 0.0181. The van der Waals surface area contributed by atoms with Crippen LogP contribution in [-0.4, -0.2) is 28.7 Å². The van der Waals surface area contributed by atoms with Gasteiger partial charge >= 0.3 is 0 Å². The van der Waals surface area contributed by atoms with Crippen LogP contribution < -0.4 is 0 Å². The third kappa shape index (κ3) is 1.95. The molecule has 24 heavy (non-hydrogen) atoms. The molecule has 3 nitrogen and oxygen atoms in total. The number of Topliss-reactive ketones (excluding diaryl/α,β-unsaturated/α-hetero) is 1. The monoisotopic (exact) mass is 332 g/mol. The molecule has 0 unspecified atom stereocenters. The highest BCUT2D eigenvalue weighted by Gasteiger charge is 2.70. The molecule has 0 amide bonds. The zero-order chi connectivity index (χ0) is 16.9. The Kier molecular flexibility index (Phi) is 3.06. The summed E-state index contributed by atoms with van der Waals surface area (Å²) in [6, 6.07) is 0. The third-order valence-electron chi connectivity index (χ3n) is 9.12. The van der Waals surface area contributed by atoms with Gasteiger partial charge in [0.25, 0.3) is 0 Å². The number of ketones is 1. The molecule has 0 aliphatic heterocycles. The van der Waals surface area contributed by atoms with Crippen molar-refractivity contribution < 1.29 is 14.6 Å². The first kappa shape index (κ1) is 15.8. The maximum Gasteiger partial charge on any atom is 0.164 e. The fourth-order valence-electron chi connectivity index (χ4n) is 7.61. The van der Waals surface area contributed by atoms with Gasteiger partial charge in [-0.05, 0) is 80.5 Å². The Morgan fingerprint density at radius 1 is 0.958 bits per heavy atom. The summed E-state index contributed by atoms with van der Waals surface area (Å²) in [6.45, 7) is 6.47. The minimum atomic E-state index is -0.331. The van der Waals surface area contributed by atoms with Gasteiger partial charge in [-0.2, -0.15) is 0 Å². The number of carbonyl (C=O) groups excluding carboxylic acids is 1. The highest BCUT2D eigenvalue weighted by molar-refractivity contribution is 5.85. The van der Waals surface area contributed by atoms with Crippen LogP contribution in [0.5, 0.6) is 0 Å². The topological polar surface area (TPSA) is 46.5 Å². The second-order valence-electron chi connectivity index (χ2n) is 10.6. The average Bonchev–Trinajstić information content (AvgIpc) is 2.55. The molecule has 7 rings (SSSR count). The molecular formula is C21H32O3. The van der Waals surface area contributed by atoms with E-state index >= 15 is 0 Å². The van der Waals surface area contributed by atoms with E-state index < -0.39 is 0 Å². The van der Waals surface area contributed by atoms with Gasteiger partial charge in [0, 0.05) is 5.41 Å². The second kappa shape index (κ2) is 4.65. The first-order chi connectivity index (χ1) is 11.3. The van der Waals surface area contributed by atoms with E-state index in [0.717, 1.165) is 80.5 Å². The molecule has 0 saturated heterocycles. The average molecular weight is 332 g/mol. The second-order valence-corrected chi connectivity index (χ2v) is 10.6. The van der Waals surface area contributed by atoms with Gasteiger partial charge in [0.05, 0.1) is 11.2 Å². The number of hydrogen-bond donors (Lipinski definition) is 1. The Hall–Kier alpha value is -0.410. The lowest BCUT2D eigenvalue weighted by Crippen LogP contribution is -2.71. The Bertz CT molecular complexity index is 515. The summed E-state index contributed by atoms with van der Waals surface area (Å²) in [7, 11) is 0. The summed E-state index contributed by atoms with van der Waals surface area (Å²) in [4.78, 5) is 12.5. The molecule has 7 fully saturated rings. The fourth-order valence-corrected chi connectivity index (χ4v) is 7.61. The predicted octanol–water partition coefficient (Wildman–Crippen LogP) is 3.58. The van der Waals surface area contributed by atoms with Gasteiger partial charge in [0.15, 0.2) is 5.78 Å². The van der Waals surface area contributed by atoms with Crippen molar-refractivity contribution in [2.24, 2.45) is 40.9 Å². The van der Waals surface area contributed by atoms with E-state index in [2.05, 4.69) is 6.92 Å². The maximum absolute atomic E-state index is 12.5. The molecule has 7 aliphatic carbocycles. The normalized spacial score (nSPS) is 53.8. The van der Waals surface area contributed by atoms with Gasteiger partial charge in [0.2, 0.25) is 0 Å². The standard InChI is InChI=1S/C21H32O3/c1-4-19(2,3)18(22)11-24-21-8-15-12-5-20(23)6-13(15)17(10-21)14(7-20)16(12)9-21/h12-17,23H,4-11H2,1-3H3. The predicted molar refractivity (Wildman–Crippen MR) is 91.4 cm³/mol. The number of carbonyl (C=O) groups is 1. The summed E-state index contributed by atoms with van der Waals surface area (Å²) in [6.07, 6.45) is 7.45. The summed E-state index contributed by atoms with van der Waals surface area (Å²) in [5, 5.41) is 10.9. The van der Waals surface area contributed by atoms with Crippen molar-refractivity contribution in [3.8, 4) is 0 Å². The van der Waals surface area contributed by atoms with Gasteiger partial charge in [-0.25, -0.2) is 0 Å². The Balaban J connectivity index is 1.36. The largest absolute Gasteiger partial charge is 0.390 e. The molecule has 0 radical (unpaired) electrons. The summed E-state index contributed by atoms with van der Waals surface area (Å²) in [5.74, 6) is 4.76. The SMILES string of the molecule is CCC(C)(C)C(=O)COC12CC3C4CC5(O)CC3C(C1)C(C5)C4C2. The zero-order valence-electron chi connectivity index (χ0n) is 15.4. The molecule has 0 spiro atoms. The number of ether oxygens (including phenoxy) is 1. The van der Waals surface area contributed by atoms with Crippen molar-refractivity contribution in [2.45, 2.75) is 76.9 Å². The lowest BCUT2D eigenvalue weighted by Gasteiger charge is -2.73. The van der Waals surface area contributed by atoms with Crippen molar-refractivity contribution in [1.82, 2.24) is 0 Å². The van der Waals surface area contributed by atoms with E-state index in [1.54, 1.807) is 0 Å². The summed E-state index contributed by atoms with van der Waals surface area (Å²) < 4.78 is 6.44. The molecule has 8 bridgehead atoms. The molecule has 0 atom stereocenters. The van der Waals surface area contributed by atoms with Crippen molar-refractivity contribution >= 4 is 5.78 Å². The van der Waals surface area contributed by atoms with E-state index in [4.69, 9.17) is 4.74 Å². The lowest BCUT2D eigenvalue weighted by molar-refractivity contribution is -0.297. The highest BCUT2D eigenvalue weighted by atomic mass is 16.5. The molecule has 0 aromatic heterocycles. The molecule has 7 aliphatic rings. The molecular weight excluding hydrogens is 300 g/mol. The van der Waals surface area contributed by atoms with Crippen LogP contribution in [0.25, 0.3) is 0 Å². The molecule has 0 aromatic carbocycles. The lowest BCUT2D eigenvalue weighted by atomic mass is 9.34. The third-order valence-corrected chi connectivity index (χ3v) is 9.12. The molecule has 3 heteroatoms. The van der Waals surface area contributed by atoms with E-state index in [1.807, 2.05) is 13.8 Å². The van der Waals surface area contributed by atoms with Crippen LogP contribution >= 0.6 is 0 Å². The fraction of sp³-hybridized carbons (Fsp3) is 0.952. The molecule has 134 valence electrons. The summed E-state index contributed by atoms with van der Waals surface area (Å²) >= 11 is 0. The van der Waals surface area contributed by atoms with E-state index in [-0.39, 0.29) is 22.4 Å². The van der Waals surface area contributed by atoms with Crippen LogP contribution in [0.4, 0.5) is 0 Å². The Morgan fingerprint density at radius 3 is 1.79 bits per heavy atom. The van der Waals surface area contributed by atoms with Crippen LogP contribution in [0.2, 0.25) is 0 Å². The van der Waals surface area contributed by atoms with Crippen molar-refractivity contribution in [3.63, 3.8) is 0 Å². The van der Waals surface area contributed by atoms with E-state index in [1.165, 1.54) is 0 Å². The molecule has 0 heterocycles. The van der Waals surface area contributed by atoms with Crippen molar-refractivity contribution in [2.75, 3.05) is 6.61 Å². The Morgan fingerprint density at radius 2 is 1.38 bits per heavy atom. The smallest absolute Gasteiger partial charge is 0.164 e. The van der Waals surface area contributed by atoms with Crippen molar-refractivity contribution in [3.05, 3.63) is 0 Å². The van der Waals surface area contributed by atoms with Gasteiger partial charge < -0.3 is 9.84 Å². The van der Waals surface area contributed by atoms with Gasteiger partial charge in [0.1, 0.15) is 6.61 Å². The Labute approximate surface area is 145 Å². The van der Waals surface area contributed by atoms with Crippen LogP contribution in [0.15, 0.2) is 0 Å². The first-order valence-corrected chi connectivity index (χ1v) is 10.2. The van der Waals surface area contributed by atoms with Gasteiger partial charge in [-0.15, -0.1) is 0 Å². The zero-order valence-corrected chi connectivity index (χ0v) is 15.4. The molecule has 0 aromatic rings. The molecule has 7 saturated carbocycles. The first-order valence-electron chi connectivity index (χ1n) is 10.2. The van der Waals surface area contributed by atoms with Crippen LogP contribution in [-0.2, 0) is 9.53 Å².